The highest BCUT2D eigenvalue weighted by Gasteiger charge is 2.32. The number of carbonyl (C=O) groups excluding carboxylic acids is 2. The van der Waals surface area contributed by atoms with Gasteiger partial charge in [-0.25, -0.2) is 4.79 Å². The number of likely N-dealkylation sites (N-methyl/N-ethyl adjacent to an activating group) is 1. The van der Waals surface area contributed by atoms with Crippen LogP contribution < -0.4 is 14.8 Å². The molecule has 1 heterocycles. The van der Waals surface area contributed by atoms with Crippen LogP contribution in [0.25, 0.3) is 6.08 Å². The van der Waals surface area contributed by atoms with Crippen LogP contribution in [0.2, 0.25) is 0 Å². The van der Waals surface area contributed by atoms with Crippen LogP contribution in [0.15, 0.2) is 22.3 Å². The maximum Gasteiger partial charge on any atom is 0.328 e. The lowest BCUT2D eigenvalue weighted by atomic mass is 10.1. The lowest BCUT2D eigenvalue weighted by Gasteiger charge is -2.10. The van der Waals surface area contributed by atoms with Crippen LogP contribution in [0.5, 0.6) is 11.5 Å². The van der Waals surface area contributed by atoms with Gasteiger partial charge in [0.05, 0.1) is 14.2 Å². The number of imide groups is 1. The van der Waals surface area contributed by atoms with Crippen LogP contribution in [-0.4, -0.2) is 37.6 Å². The summed E-state index contributed by atoms with van der Waals surface area (Å²) in [5, 5.41) is 2.55. The van der Waals surface area contributed by atoms with Crippen LogP contribution in [0.4, 0.5) is 4.79 Å². The van der Waals surface area contributed by atoms with Crippen LogP contribution in [0.1, 0.15) is 12.5 Å². The molecule has 1 aromatic rings. The Morgan fingerprint density at radius 3 is 2.38 bits per heavy atom. The Morgan fingerprint density at radius 2 is 1.86 bits per heavy atom. The zero-order chi connectivity index (χ0) is 15.6. The van der Waals surface area contributed by atoms with Crippen molar-refractivity contribution < 1.29 is 19.1 Å². The van der Waals surface area contributed by atoms with Gasteiger partial charge < -0.3 is 14.8 Å². The highest BCUT2D eigenvalue weighted by molar-refractivity contribution is 9.10. The number of benzene rings is 1. The Balaban J connectivity index is 2.42. The lowest BCUT2D eigenvalue weighted by molar-refractivity contribution is -0.122. The maximum absolute atomic E-state index is 12.0. The van der Waals surface area contributed by atoms with Crippen molar-refractivity contribution in [2.24, 2.45) is 0 Å². The average molecular weight is 355 g/mol. The van der Waals surface area contributed by atoms with Crippen molar-refractivity contribution in [3.05, 3.63) is 27.9 Å². The van der Waals surface area contributed by atoms with E-state index in [9.17, 15) is 9.59 Å². The predicted octanol–water partition coefficient (Wildman–Crippen LogP) is 2.38. The molecule has 112 valence electrons. The van der Waals surface area contributed by atoms with Crippen LogP contribution in [-0.2, 0) is 4.79 Å². The van der Waals surface area contributed by atoms with E-state index in [4.69, 9.17) is 9.47 Å². The highest BCUT2D eigenvalue weighted by Crippen LogP contribution is 2.34. The average Bonchev–Trinajstić information content (AvgIpc) is 2.74. The van der Waals surface area contributed by atoms with Gasteiger partial charge in [0.25, 0.3) is 5.91 Å². The van der Waals surface area contributed by atoms with E-state index in [1.165, 1.54) is 7.11 Å². The molecule has 1 saturated heterocycles. The molecule has 0 saturated carbocycles. The van der Waals surface area contributed by atoms with Crippen molar-refractivity contribution in [2.75, 3.05) is 20.8 Å². The summed E-state index contributed by atoms with van der Waals surface area (Å²) in [7, 11) is 3.08. The van der Waals surface area contributed by atoms with Gasteiger partial charge in [0.1, 0.15) is 5.70 Å². The highest BCUT2D eigenvalue weighted by atomic mass is 79.9. The first-order valence-corrected chi connectivity index (χ1v) is 7.07. The van der Waals surface area contributed by atoms with Gasteiger partial charge in [0.2, 0.25) is 0 Å². The summed E-state index contributed by atoms with van der Waals surface area (Å²) in [5.41, 5.74) is 0.934. The molecule has 6 nitrogen and oxygen atoms in total. The number of halogens is 1. The van der Waals surface area contributed by atoms with Gasteiger partial charge in [-0.05, 0) is 30.7 Å². The summed E-state index contributed by atoms with van der Waals surface area (Å²) >= 11 is 3.41. The van der Waals surface area contributed by atoms with E-state index < -0.39 is 6.03 Å². The van der Waals surface area contributed by atoms with Crippen LogP contribution >= 0.6 is 15.9 Å². The lowest BCUT2D eigenvalue weighted by Crippen LogP contribution is -2.30. The molecule has 1 fully saturated rings. The number of urea groups is 1. The summed E-state index contributed by atoms with van der Waals surface area (Å²) in [5.74, 6) is 0.768. The smallest absolute Gasteiger partial charge is 0.328 e. The molecule has 0 unspecified atom stereocenters. The third-order valence-electron chi connectivity index (χ3n) is 3.08. The second-order valence-electron chi connectivity index (χ2n) is 4.27. The zero-order valence-corrected chi connectivity index (χ0v) is 13.5. The van der Waals surface area contributed by atoms with E-state index in [0.29, 0.717) is 23.6 Å². The Kier molecular flexibility index (Phi) is 4.52. The largest absolute Gasteiger partial charge is 0.493 e. The van der Waals surface area contributed by atoms with Gasteiger partial charge in [0, 0.05) is 11.0 Å². The molecule has 0 radical (unpaired) electrons. The minimum atomic E-state index is -0.412. The molecule has 1 aromatic carbocycles. The third kappa shape index (κ3) is 2.87. The van der Waals surface area contributed by atoms with Crippen molar-refractivity contribution in [1.82, 2.24) is 10.2 Å². The molecule has 1 N–H and O–H groups in total. The number of rotatable bonds is 4. The van der Waals surface area contributed by atoms with E-state index >= 15 is 0 Å². The Hall–Kier alpha value is -2.02. The van der Waals surface area contributed by atoms with E-state index in [2.05, 4.69) is 21.2 Å². The predicted molar refractivity (Wildman–Crippen MR) is 81.1 cm³/mol. The summed E-state index contributed by atoms with van der Waals surface area (Å²) < 4.78 is 11.1. The quantitative estimate of drug-likeness (QED) is 0.665. The zero-order valence-electron chi connectivity index (χ0n) is 11.9. The number of nitrogens with one attached hydrogen (secondary N) is 1. The van der Waals surface area contributed by atoms with E-state index in [0.717, 1.165) is 9.37 Å². The molecule has 0 bridgehead atoms. The van der Waals surface area contributed by atoms with E-state index in [1.807, 2.05) is 0 Å². The second kappa shape index (κ2) is 6.17. The molecule has 3 amide bonds. The van der Waals surface area contributed by atoms with E-state index in [-0.39, 0.29) is 11.6 Å². The topological polar surface area (TPSA) is 67.9 Å². The SMILES string of the molecule is CCN1C(=O)N/C(=C/c2cc(OC)c(OC)cc2Br)C1=O. The first kappa shape index (κ1) is 15.4. The summed E-state index contributed by atoms with van der Waals surface area (Å²) in [6, 6.07) is 3.05. The molecule has 7 heteroatoms. The number of nitrogens with zero attached hydrogens (tertiary/aromatic N) is 1. The van der Waals surface area contributed by atoms with Gasteiger partial charge in [-0.3, -0.25) is 9.69 Å². The molecule has 2 rings (SSSR count). The van der Waals surface area contributed by atoms with Crippen molar-refractivity contribution in [3.8, 4) is 11.5 Å². The van der Waals surface area contributed by atoms with Gasteiger partial charge in [0.15, 0.2) is 11.5 Å². The Morgan fingerprint density at radius 1 is 1.24 bits per heavy atom. The number of hydrogen-bond acceptors (Lipinski definition) is 4. The molecule has 0 spiro atoms. The molecular formula is C14H15BrN2O4. The molecule has 0 aliphatic carbocycles. The first-order valence-electron chi connectivity index (χ1n) is 6.27. The Labute approximate surface area is 130 Å². The monoisotopic (exact) mass is 354 g/mol. The molecule has 1 aliphatic heterocycles. The number of amides is 3. The first-order chi connectivity index (χ1) is 10.0. The number of carbonyl (C=O) groups is 2. The minimum absolute atomic E-state index is 0.231. The van der Waals surface area contributed by atoms with Crippen LogP contribution in [0.3, 0.4) is 0 Å². The fraction of sp³-hybridized carbons (Fsp3) is 0.286. The molecular weight excluding hydrogens is 340 g/mol. The van der Waals surface area contributed by atoms with Gasteiger partial charge in [-0.2, -0.15) is 0 Å². The molecule has 0 atom stereocenters. The fourth-order valence-electron chi connectivity index (χ4n) is 1.99. The van der Waals surface area contributed by atoms with Crippen molar-refractivity contribution in [2.45, 2.75) is 6.92 Å². The molecule has 1 aliphatic rings. The summed E-state index contributed by atoms with van der Waals surface area (Å²) in [4.78, 5) is 24.8. The number of ether oxygens (including phenoxy) is 2. The number of methoxy groups -OCH3 is 2. The van der Waals surface area contributed by atoms with Gasteiger partial charge in [-0.1, -0.05) is 15.9 Å². The second-order valence-corrected chi connectivity index (χ2v) is 5.12. The third-order valence-corrected chi connectivity index (χ3v) is 3.77. The van der Waals surface area contributed by atoms with E-state index in [1.54, 1.807) is 32.2 Å². The van der Waals surface area contributed by atoms with Crippen LogP contribution in [0, 0.1) is 0 Å². The normalized spacial score (nSPS) is 16.4. The number of hydrogen-bond donors (Lipinski definition) is 1. The minimum Gasteiger partial charge on any atom is -0.493 e. The van der Waals surface area contributed by atoms with Crippen molar-refractivity contribution >= 4 is 33.9 Å². The van der Waals surface area contributed by atoms with Gasteiger partial charge in [-0.15, -0.1) is 0 Å². The molecule has 0 aromatic heterocycles. The molecule has 21 heavy (non-hydrogen) atoms. The summed E-state index contributed by atoms with van der Waals surface area (Å²) in [6.07, 6.45) is 1.60. The standard InChI is InChI=1S/C14H15BrN2O4/c1-4-17-13(18)10(16-14(17)19)5-8-6-11(20-2)12(21-3)7-9(8)15/h5-7H,4H2,1-3H3,(H,16,19)/b10-5+. The van der Waals surface area contributed by atoms with Crippen molar-refractivity contribution in [3.63, 3.8) is 0 Å². The Bertz CT molecular complexity index is 628. The summed E-state index contributed by atoms with van der Waals surface area (Å²) in [6.45, 7) is 2.07. The fourth-order valence-corrected chi connectivity index (χ4v) is 2.43. The maximum atomic E-state index is 12.0. The van der Waals surface area contributed by atoms with Crippen molar-refractivity contribution in [1.29, 1.82) is 0 Å². The van der Waals surface area contributed by atoms with Gasteiger partial charge >= 0.3 is 6.03 Å².